The number of aliphatic hydroxyl groups is 3. The van der Waals surface area contributed by atoms with Gasteiger partial charge in [0.25, 0.3) is 0 Å². The van der Waals surface area contributed by atoms with Gasteiger partial charge in [0, 0.05) is 39.1 Å². The molecule has 3 aliphatic carbocycles. The van der Waals surface area contributed by atoms with Gasteiger partial charge < -0.3 is 25.8 Å². The number of rotatable bonds is 8. The number of allylic oxidation sites excluding steroid dienone is 4. The first kappa shape index (κ1) is 33.5. The second kappa shape index (κ2) is 13.9. The number of Topliss-reactive ketones (excluding diaryl/α,β-unsaturated/α-hetero) is 1. The van der Waals surface area contributed by atoms with E-state index in [-0.39, 0.29) is 41.9 Å². The number of nitrogens with two attached hydrogens (primary N) is 1. The van der Waals surface area contributed by atoms with Crippen LogP contribution in [0.4, 0.5) is 10.1 Å². The Morgan fingerprint density at radius 1 is 1.22 bits per heavy atom. The van der Waals surface area contributed by atoms with Gasteiger partial charge in [-0.1, -0.05) is 49.8 Å². The third-order valence-electron chi connectivity index (χ3n) is 10.3. The zero-order chi connectivity index (χ0) is 32.5. The summed E-state index contributed by atoms with van der Waals surface area (Å²) < 4.78 is 22.2. The minimum absolute atomic E-state index is 0.0201. The smallest absolute Gasteiger partial charge is 0.184 e. The molecular formula is C36H44FNO6S. The highest BCUT2D eigenvalue weighted by Crippen LogP contribution is 2.55. The lowest BCUT2D eigenvalue weighted by molar-refractivity contribution is -0.170. The fourth-order valence-electron chi connectivity index (χ4n) is 7.84. The number of aliphatic hydroxyl groups excluding tert-OH is 3. The Kier molecular flexibility index (Phi) is 10.4. The fraction of sp³-hybridized carbons (Fsp3) is 0.500. The summed E-state index contributed by atoms with van der Waals surface area (Å²) in [6.45, 7) is 5.24. The Labute approximate surface area is 268 Å². The van der Waals surface area contributed by atoms with Crippen molar-refractivity contribution >= 4 is 29.0 Å². The molecule has 0 aliphatic heterocycles. The molecule has 2 aromatic rings. The maximum atomic E-state index is 16.0. The van der Waals surface area contributed by atoms with Crippen LogP contribution in [0.3, 0.4) is 0 Å². The molecule has 5 rings (SSSR count). The van der Waals surface area contributed by atoms with Gasteiger partial charge in [0.1, 0.15) is 12.4 Å². The van der Waals surface area contributed by atoms with E-state index < -0.39 is 48.0 Å². The van der Waals surface area contributed by atoms with Crippen molar-refractivity contribution in [2.45, 2.75) is 82.0 Å². The van der Waals surface area contributed by atoms with E-state index in [9.17, 15) is 24.9 Å². The summed E-state index contributed by atoms with van der Waals surface area (Å²) in [6.07, 6.45) is 4.38. The number of ether oxygens (including phenoxy) is 1. The first-order chi connectivity index (χ1) is 21.4. The van der Waals surface area contributed by atoms with Gasteiger partial charge in [-0.05, 0) is 86.3 Å². The van der Waals surface area contributed by atoms with E-state index in [2.05, 4.69) is 13.8 Å². The van der Waals surface area contributed by atoms with Crippen LogP contribution < -0.4 is 5.73 Å². The summed E-state index contributed by atoms with van der Waals surface area (Å²) >= 11 is 1.31. The first-order valence-corrected chi connectivity index (χ1v) is 16.8. The minimum atomic E-state index is -1.64. The molecule has 0 amide bonds. The van der Waals surface area contributed by atoms with Crippen LogP contribution in [0.25, 0.3) is 0 Å². The molecule has 242 valence electrons. The first-order valence-electron chi connectivity index (χ1n) is 15.8. The molecule has 8 atom stereocenters. The van der Waals surface area contributed by atoms with Crippen molar-refractivity contribution in [2.24, 2.45) is 29.1 Å². The van der Waals surface area contributed by atoms with Gasteiger partial charge in [-0.15, -0.1) is 11.8 Å². The second-order valence-corrected chi connectivity index (χ2v) is 14.2. The lowest BCUT2D eigenvalue weighted by Gasteiger charge is -2.51. The molecule has 3 aliphatic rings. The maximum Gasteiger partial charge on any atom is 0.184 e. The summed E-state index contributed by atoms with van der Waals surface area (Å²) in [5.74, 6) is -1.53. The third-order valence-corrected chi connectivity index (χ3v) is 11.5. The molecule has 0 aromatic heterocycles. The van der Waals surface area contributed by atoms with Gasteiger partial charge in [-0.2, -0.15) is 0 Å². The monoisotopic (exact) mass is 637 g/mol. The molecule has 0 radical (unpaired) electrons. The average Bonchev–Trinajstić information content (AvgIpc) is 3.04. The standard InChI is InChI=1S/C36H44FNO6S/c1-20-7-9-28(33(37)34(20)45-19-22-5-4-6-24(38)16-22)35(43)44-31-15-21(2)26-10-8-23-17-25(40)13-14-36(23,3)32(26)29(41)12-11-27(31)30(42)18-39/h4-7,9,13-14,16-17,21,26-27,29,31-32,35,39,41,43H,8,10-12,15,18-19,38H2,1-3H3/t21?,26-,27-,29-,31+,32?,35-,36-/m0/s1. The number of hydrogen-bond acceptors (Lipinski definition) is 8. The van der Waals surface area contributed by atoms with Crippen LogP contribution in [-0.2, 0) is 20.1 Å². The van der Waals surface area contributed by atoms with E-state index >= 15 is 4.39 Å². The lowest BCUT2D eigenvalue weighted by atomic mass is 9.54. The van der Waals surface area contributed by atoms with Crippen molar-refractivity contribution < 1.29 is 34.0 Å². The molecule has 0 saturated heterocycles. The molecule has 2 fully saturated rings. The maximum absolute atomic E-state index is 16.0. The van der Waals surface area contributed by atoms with E-state index in [0.29, 0.717) is 22.8 Å². The predicted molar refractivity (Wildman–Crippen MR) is 173 cm³/mol. The Morgan fingerprint density at radius 3 is 2.73 bits per heavy atom. The quantitative estimate of drug-likeness (QED) is 0.161. The van der Waals surface area contributed by atoms with E-state index in [1.54, 1.807) is 24.3 Å². The summed E-state index contributed by atoms with van der Waals surface area (Å²) in [5.41, 5.74) is 8.70. The molecule has 2 aromatic carbocycles. The minimum Gasteiger partial charge on any atom is -0.399 e. The highest BCUT2D eigenvalue weighted by atomic mass is 32.2. The molecule has 45 heavy (non-hydrogen) atoms. The number of carbonyl (C=O) groups excluding carboxylic acids is 2. The van der Waals surface area contributed by atoms with Crippen molar-refractivity contribution in [2.75, 3.05) is 12.3 Å². The van der Waals surface area contributed by atoms with Crippen molar-refractivity contribution in [1.82, 2.24) is 0 Å². The van der Waals surface area contributed by atoms with Gasteiger partial charge >= 0.3 is 0 Å². The summed E-state index contributed by atoms with van der Waals surface area (Å²) in [7, 11) is 0. The Balaban J connectivity index is 1.41. The number of benzene rings is 2. The number of nitrogen functional groups attached to an aromatic ring is 1. The molecule has 0 spiro atoms. The molecule has 2 unspecified atom stereocenters. The second-order valence-electron chi connectivity index (χ2n) is 13.2. The molecular weight excluding hydrogens is 593 g/mol. The lowest BCUT2D eigenvalue weighted by Crippen LogP contribution is -2.47. The topological polar surface area (TPSA) is 130 Å². The van der Waals surface area contributed by atoms with Crippen molar-refractivity contribution in [3.05, 3.63) is 82.7 Å². The zero-order valence-electron chi connectivity index (χ0n) is 26.1. The van der Waals surface area contributed by atoms with E-state index in [1.807, 2.05) is 31.2 Å². The largest absolute Gasteiger partial charge is 0.399 e. The predicted octanol–water partition coefficient (Wildman–Crippen LogP) is 5.84. The molecule has 2 saturated carbocycles. The Hall–Kier alpha value is -2.82. The van der Waals surface area contributed by atoms with Crippen molar-refractivity contribution in [1.29, 1.82) is 0 Å². The third kappa shape index (κ3) is 6.98. The van der Waals surface area contributed by atoms with Crippen LogP contribution in [0.2, 0.25) is 0 Å². The number of thioether (sulfide) groups is 1. The number of halogens is 1. The van der Waals surface area contributed by atoms with Gasteiger partial charge in [-0.25, -0.2) is 4.39 Å². The van der Waals surface area contributed by atoms with E-state index in [4.69, 9.17) is 10.5 Å². The number of ketones is 2. The molecule has 7 nitrogen and oxygen atoms in total. The molecule has 5 N–H and O–H groups in total. The highest BCUT2D eigenvalue weighted by Gasteiger charge is 2.51. The fourth-order valence-corrected chi connectivity index (χ4v) is 8.88. The van der Waals surface area contributed by atoms with E-state index in [0.717, 1.165) is 29.5 Å². The van der Waals surface area contributed by atoms with Gasteiger partial charge in [0.05, 0.1) is 12.2 Å². The average molecular weight is 638 g/mol. The number of anilines is 1. The van der Waals surface area contributed by atoms with Crippen LogP contribution in [0.1, 0.15) is 68.9 Å². The number of aryl methyl sites for hydroxylation is 1. The SMILES string of the molecule is Cc1ccc([C@@H](O)O[C@@H]2CC(C)[C@@H]3CCC4=CC(=O)C=C[C@]4(C)C3[C@@H](O)CC[C@H]2C(=O)CO)c(F)c1SCc1cccc(N)c1. The van der Waals surface area contributed by atoms with Crippen LogP contribution in [-0.4, -0.2) is 45.7 Å². The van der Waals surface area contributed by atoms with Crippen molar-refractivity contribution in [3.8, 4) is 0 Å². The summed E-state index contributed by atoms with van der Waals surface area (Å²) in [5, 5.41) is 32.8. The van der Waals surface area contributed by atoms with Gasteiger partial charge in [0.2, 0.25) is 0 Å². The van der Waals surface area contributed by atoms with Crippen LogP contribution >= 0.6 is 11.8 Å². The highest BCUT2D eigenvalue weighted by molar-refractivity contribution is 7.98. The van der Waals surface area contributed by atoms with E-state index in [1.165, 1.54) is 17.8 Å². The van der Waals surface area contributed by atoms with Crippen LogP contribution in [0.5, 0.6) is 0 Å². The van der Waals surface area contributed by atoms with Crippen LogP contribution in [0, 0.1) is 41.8 Å². The van der Waals surface area contributed by atoms with Crippen molar-refractivity contribution in [3.63, 3.8) is 0 Å². The normalized spacial score (nSPS) is 30.7. The number of hydrogen-bond donors (Lipinski definition) is 4. The number of carbonyl (C=O) groups is 2. The Morgan fingerprint density at radius 2 is 2.00 bits per heavy atom. The van der Waals surface area contributed by atoms with Crippen LogP contribution in [0.15, 0.2) is 65.1 Å². The number of fused-ring (bicyclic) bond motifs is 3. The van der Waals surface area contributed by atoms with Gasteiger partial charge in [-0.3, -0.25) is 9.59 Å². The zero-order valence-corrected chi connectivity index (χ0v) is 26.9. The summed E-state index contributed by atoms with van der Waals surface area (Å²) in [4.78, 5) is 25.7. The van der Waals surface area contributed by atoms with Gasteiger partial charge in [0.15, 0.2) is 17.9 Å². The molecule has 0 heterocycles. The molecule has 0 bridgehead atoms. The summed E-state index contributed by atoms with van der Waals surface area (Å²) in [6, 6.07) is 10.7. The Bertz CT molecular complexity index is 1490. The molecule has 9 heteroatoms.